The van der Waals surface area contributed by atoms with Gasteiger partial charge in [-0.2, -0.15) is 5.10 Å². The third-order valence-electron chi connectivity index (χ3n) is 4.31. The highest BCUT2D eigenvalue weighted by Gasteiger charge is 2.28. The van der Waals surface area contributed by atoms with Gasteiger partial charge >= 0.3 is 11.9 Å². The molecule has 0 bridgehead atoms. The van der Waals surface area contributed by atoms with Crippen LogP contribution in [0.2, 0.25) is 0 Å². The fourth-order valence-corrected chi connectivity index (χ4v) is 4.40. The number of methoxy groups -OCH3 is 1. The molecule has 1 amide bonds. The Morgan fingerprint density at radius 1 is 1.27 bits per heavy atom. The molecule has 2 aromatic heterocycles. The quantitative estimate of drug-likeness (QED) is 0.626. The van der Waals surface area contributed by atoms with E-state index < -0.39 is 17.8 Å². The highest BCUT2D eigenvalue weighted by molar-refractivity contribution is 7.17. The van der Waals surface area contributed by atoms with Crippen molar-refractivity contribution in [3.8, 4) is 0 Å². The zero-order valence-electron chi connectivity index (χ0n) is 14.5. The zero-order chi connectivity index (χ0) is 18.8. The van der Waals surface area contributed by atoms with Gasteiger partial charge in [0.25, 0.3) is 5.91 Å². The number of aromatic carboxylic acids is 1. The molecule has 2 heterocycles. The first-order chi connectivity index (χ1) is 12.4. The lowest BCUT2D eigenvalue weighted by Gasteiger charge is -2.07. The molecule has 0 aliphatic heterocycles. The Balaban J connectivity index is 1.98. The fourth-order valence-electron chi connectivity index (χ4n) is 3.12. The standard InChI is InChI=1S/C17H19N3O5S/c1-20-8-10(16(22)23)13(19-20)14(21)18-15-12(17(24)25-2)9-6-4-3-5-7-11(9)26-15/h8H,3-7H2,1-2H3,(H,18,21)(H,22,23). The Bertz CT molecular complexity index is 883. The number of thiophene rings is 1. The van der Waals surface area contributed by atoms with Crippen molar-refractivity contribution in [1.29, 1.82) is 0 Å². The molecule has 2 N–H and O–H groups in total. The number of carbonyl (C=O) groups is 3. The van der Waals surface area contributed by atoms with Crippen molar-refractivity contribution in [3.63, 3.8) is 0 Å². The lowest BCUT2D eigenvalue weighted by Crippen LogP contribution is -2.18. The number of nitrogens with one attached hydrogen (secondary N) is 1. The van der Waals surface area contributed by atoms with Crippen LogP contribution in [0.3, 0.4) is 0 Å². The van der Waals surface area contributed by atoms with Crippen LogP contribution < -0.4 is 5.32 Å². The van der Waals surface area contributed by atoms with Gasteiger partial charge in [0, 0.05) is 18.1 Å². The largest absolute Gasteiger partial charge is 0.478 e. The number of amides is 1. The summed E-state index contributed by atoms with van der Waals surface area (Å²) in [5.74, 6) is -2.40. The minimum atomic E-state index is -1.24. The molecular weight excluding hydrogens is 358 g/mol. The van der Waals surface area contributed by atoms with Crippen LogP contribution in [0.25, 0.3) is 0 Å². The van der Waals surface area contributed by atoms with E-state index in [2.05, 4.69) is 10.4 Å². The number of hydrogen-bond acceptors (Lipinski definition) is 6. The average molecular weight is 377 g/mol. The summed E-state index contributed by atoms with van der Waals surface area (Å²) in [5, 5.41) is 16.2. The number of esters is 1. The average Bonchev–Trinajstić information content (AvgIpc) is 3.07. The summed E-state index contributed by atoms with van der Waals surface area (Å²) in [4.78, 5) is 37.3. The molecule has 1 aliphatic rings. The van der Waals surface area contributed by atoms with E-state index >= 15 is 0 Å². The molecule has 26 heavy (non-hydrogen) atoms. The number of rotatable bonds is 4. The molecule has 9 heteroatoms. The number of carbonyl (C=O) groups excluding carboxylic acids is 2. The van der Waals surface area contributed by atoms with Crippen LogP contribution in [0.4, 0.5) is 5.00 Å². The van der Waals surface area contributed by atoms with Crippen LogP contribution in [-0.4, -0.2) is 39.8 Å². The van der Waals surface area contributed by atoms with Crippen LogP contribution in [0.1, 0.15) is 60.9 Å². The van der Waals surface area contributed by atoms with E-state index in [0.29, 0.717) is 10.6 Å². The number of carboxylic acid groups (broad SMARTS) is 1. The van der Waals surface area contributed by atoms with Crippen LogP contribution in [0.5, 0.6) is 0 Å². The van der Waals surface area contributed by atoms with E-state index in [4.69, 9.17) is 4.74 Å². The Kier molecular flexibility index (Phi) is 5.08. The summed E-state index contributed by atoms with van der Waals surface area (Å²) >= 11 is 1.35. The number of nitrogens with zero attached hydrogens (tertiary/aromatic N) is 2. The summed E-state index contributed by atoms with van der Waals surface area (Å²) < 4.78 is 6.17. The van der Waals surface area contributed by atoms with Crippen molar-refractivity contribution in [2.24, 2.45) is 7.05 Å². The van der Waals surface area contributed by atoms with Gasteiger partial charge in [-0.05, 0) is 31.2 Å². The van der Waals surface area contributed by atoms with Gasteiger partial charge in [0.1, 0.15) is 10.6 Å². The Morgan fingerprint density at radius 3 is 2.69 bits per heavy atom. The molecule has 8 nitrogen and oxygen atoms in total. The predicted molar refractivity (Wildman–Crippen MR) is 95.0 cm³/mol. The maximum Gasteiger partial charge on any atom is 0.341 e. The monoisotopic (exact) mass is 377 g/mol. The van der Waals surface area contributed by atoms with E-state index in [1.165, 1.54) is 36.4 Å². The Hall–Kier alpha value is -2.68. The van der Waals surface area contributed by atoms with E-state index in [-0.39, 0.29) is 11.3 Å². The summed E-state index contributed by atoms with van der Waals surface area (Å²) in [7, 11) is 2.84. The van der Waals surface area contributed by atoms with Crippen molar-refractivity contribution in [1.82, 2.24) is 9.78 Å². The summed E-state index contributed by atoms with van der Waals surface area (Å²) in [6, 6.07) is 0. The highest BCUT2D eigenvalue weighted by Crippen LogP contribution is 2.38. The van der Waals surface area contributed by atoms with Gasteiger partial charge < -0.3 is 15.2 Å². The third kappa shape index (κ3) is 3.34. The first-order valence-corrected chi connectivity index (χ1v) is 9.05. The summed E-state index contributed by atoms with van der Waals surface area (Å²) in [5.41, 5.74) is 0.909. The predicted octanol–water partition coefficient (Wildman–Crippen LogP) is 2.49. The molecule has 0 fully saturated rings. The number of fused-ring (bicyclic) bond motifs is 1. The van der Waals surface area contributed by atoms with Crippen molar-refractivity contribution in [2.75, 3.05) is 12.4 Å². The molecule has 0 radical (unpaired) electrons. The van der Waals surface area contributed by atoms with Crippen molar-refractivity contribution in [2.45, 2.75) is 32.1 Å². The lowest BCUT2D eigenvalue weighted by atomic mass is 10.1. The zero-order valence-corrected chi connectivity index (χ0v) is 15.3. The molecule has 0 unspecified atom stereocenters. The molecule has 2 aromatic rings. The van der Waals surface area contributed by atoms with E-state index in [1.807, 2.05) is 0 Å². The number of ether oxygens (including phenoxy) is 1. The van der Waals surface area contributed by atoms with E-state index in [0.717, 1.165) is 42.5 Å². The number of aromatic nitrogens is 2. The smallest absolute Gasteiger partial charge is 0.341 e. The molecule has 3 rings (SSSR count). The number of aryl methyl sites for hydroxylation is 2. The van der Waals surface area contributed by atoms with Gasteiger partial charge in [-0.15, -0.1) is 11.3 Å². The van der Waals surface area contributed by atoms with Crippen LogP contribution in [0, 0.1) is 0 Å². The number of hydrogen-bond donors (Lipinski definition) is 2. The molecule has 138 valence electrons. The van der Waals surface area contributed by atoms with Gasteiger partial charge in [0.05, 0.1) is 12.7 Å². The Labute approximate surface area is 153 Å². The normalized spacial score (nSPS) is 13.6. The van der Waals surface area contributed by atoms with Crippen molar-refractivity contribution >= 4 is 34.2 Å². The van der Waals surface area contributed by atoms with E-state index in [1.54, 1.807) is 0 Å². The molecule has 0 aromatic carbocycles. The second-order valence-electron chi connectivity index (χ2n) is 6.08. The first-order valence-electron chi connectivity index (χ1n) is 8.23. The van der Waals surface area contributed by atoms with E-state index in [9.17, 15) is 19.5 Å². The Morgan fingerprint density at radius 2 is 2.00 bits per heavy atom. The van der Waals surface area contributed by atoms with Gasteiger partial charge in [-0.1, -0.05) is 6.42 Å². The lowest BCUT2D eigenvalue weighted by molar-refractivity contribution is 0.0600. The minimum absolute atomic E-state index is 0.192. The van der Waals surface area contributed by atoms with Gasteiger partial charge in [0.2, 0.25) is 0 Å². The number of anilines is 1. The molecule has 0 atom stereocenters. The van der Waals surface area contributed by atoms with Gasteiger partial charge in [-0.25, -0.2) is 9.59 Å². The van der Waals surface area contributed by atoms with Crippen LogP contribution in [-0.2, 0) is 24.6 Å². The maximum absolute atomic E-state index is 12.6. The molecule has 1 aliphatic carbocycles. The topological polar surface area (TPSA) is 111 Å². The van der Waals surface area contributed by atoms with Crippen molar-refractivity contribution < 1.29 is 24.2 Å². The molecule has 0 spiro atoms. The highest BCUT2D eigenvalue weighted by atomic mass is 32.1. The summed E-state index contributed by atoms with van der Waals surface area (Å²) in [6.07, 6.45) is 5.98. The maximum atomic E-state index is 12.6. The van der Waals surface area contributed by atoms with Crippen LogP contribution in [0.15, 0.2) is 6.20 Å². The summed E-state index contributed by atoms with van der Waals surface area (Å²) in [6.45, 7) is 0. The third-order valence-corrected chi connectivity index (χ3v) is 5.52. The second-order valence-corrected chi connectivity index (χ2v) is 7.19. The first kappa shape index (κ1) is 18.1. The van der Waals surface area contributed by atoms with Gasteiger partial charge in [-0.3, -0.25) is 9.48 Å². The number of carboxylic acids is 1. The van der Waals surface area contributed by atoms with Crippen LogP contribution >= 0.6 is 11.3 Å². The SMILES string of the molecule is COC(=O)c1c(NC(=O)c2nn(C)cc2C(=O)O)sc2c1CCCCC2. The second kappa shape index (κ2) is 7.28. The van der Waals surface area contributed by atoms with Crippen molar-refractivity contribution in [3.05, 3.63) is 33.5 Å². The molecular formula is C17H19N3O5S. The fraction of sp³-hybridized carbons (Fsp3) is 0.412. The van der Waals surface area contributed by atoms with Gasteiger partial charge in [0.15, 0.2) is 5.69 Å². The minimum Gasteiger partial charge on any atom is -0.478 e. The molecule has 0 saturated carbocycles. The molecule has 0 saturated heterocycles.